The molecule has 21 heavy (non-hydrogen) atoms. The largest absolute Gasteiger partial charge is 0.497 e. The molecule has 0 aromatic heterocycles. The number of anilines is 1. The topological polar surface area (TPSA) is 24.5 Å². The molecular weight excluding hydrogens is 260 g/mol. The predicted molar refractivity (Wildman–Crippen MR) is 89.3 cm³/mol. The molecule has 2 aromatic rings. The highest BCUT2D eigenvalue weighted by Gasteiger charge is 2.11. The number of benzene rings is 2. The van der Waals surface area contributed by atoms with Crippen LogP contribution >= 0.6 is 0 Å². The lowest BCUT2D eigenvalue weighted by Gasteiger charge is -2.19. The number of rotatable bonds is 6. The highest BCUT2D eigenvalue weighted by Crippen LogP contribution is 2.23. The van der Waals surface area contributed by atoms with Crippen molar-refractivity contribution >= 4 is 5.69 Å². The van der Waals surface area contributed by atoms with Crippen LogP contribution in [0.4, 0.5) is 5.69 Å². The zero-order valence-electron chi connectivity index (χ0n) is 13.3. The van der Waals surface area contributed by atoms with Gasteiger partial charge in [-0.15, -0.1) is 0 Å². The highest BCUT2D eigenvalue weighted by atomic mass is 16.5. The number of likely N-dealkylation sites (N-methyl/N-ethyl adjacent to an activating group) is 1. The fraction of sp³-hybridized carbons (Fsp3) is 0.333. The van der Waals surface area contributed by atoms with E-state index in [1.165, 1.54) is 16.8 Å². The summed E-state index contributed by atoms with van der Waals surface area (Å²) >= 11 is 0. The molecule has 3 heteroatoms. The van der Waals surface area contributed by atoms with Crippen LogP contribution in [0.2, 0.25) is 0 Å². The SMILES string of the molecule is CNC(Cc1cccc(OC)c1)c1ccc(N(C)C)cc1. The van der Waals surface area contributed by atoms with Crippen LogP contribution in [0.1, 0.15) is 17.2 Å². The Labute approximate surface area is 127 Å². The first-order chi connectivity index (χ1) is 10.1. The van der Waals surface area contributed by atoms with Gasteiger partial charge >= 0.3 is 0 Å². The summed E-state index contributed by atoms with van der Waals surface area (Å²) < 4.78 is 5.29. The fourth-order valence-electron chi connectivity index (χ4n) is 2.43. The first-order valence-electron chi connectivity index (χ1n) is 7.21. The monoisotopic (exact) mass is 284 g/mol. The van der Waals surface area contributed by atoms with E-state index in [1.807, 2.05) is 19.2 Å². The van der Waals surface area contributed by atoms with E-state index < -0.39 is 0 Å². The maximum Gasteiger partial charge on any atom is 0.119 e. The van der Waals surface area contributed by atoms with Crippen molar-refractivity contribution in [1.82, 2.24) is 5.32 Å². The molecule has 0 heterocycles. The lowest BCUT2D eigenvalue weighted by Crippen LogP contribution is -2.19. The molecule has 0 aliphatic heterocycles. The van der Waals surface area contributed by atoms with Crippen molar-refractivity contribution in [3.8, 4) is 5.75 Å². The standard InChI is InChI=1S/C18H24N2O/c1-19-18(13-14-6-5-7-17(12-14)21-4)15-8-10-16(11-9-15)20(2)3/h5-12,18-19H,13H2,1-4H3. The molecule has 0 saturated carbocycles. The third-order valence-electron chi connectivity index (χ3n) is 3.73. The quantitative estimate of drug-likeness (QED) is 0.881. The van der Waals surface area contributed by atoms with Crippen molar-refractivity contribution in [2.45, 2.75) is 12.5 Å². The fourth-order valence-corrected chi connectivity index (χ4v) is 2.43. The Balaban J connectivity index is 2.15. The molecule has 0 aliphatic rings. The first-order valence-corrected chi connectivity index (χ1v) is 7.21. The van der Waals surface area contributed by atoms with Gasteiger partial charge in [0.05, 0.1) is 7.11 Å². The van der Waals surface area contributed by atoms with Crippen LogP contribution in [0.3, 0.4) is 0 Å². The number of methoxy groups -OCH3 is 1. The molecule has 0 bridgehead atoms. The van der Waals surface area contributed by atoms with Gasteiger partial charge in [-0.1, -0.05) is 24.3 Å². The molecule has 0 amide bonds. The van der Waals surface area contributed by atoms with E-state index in [-0.39, 0.29) is 0 Å². The molecule has 112 valence electrons. The molecule has 3 nitrogen and oxygen atoms in total. The molecule has 0 fully saturated rings. The van der Waals surface area contributed by atoms with Crippen molar-refractivity contribution in [3.63, 3.8) is 0 Å². The summed E-state index contributed by atoms with van der Waals surface area (Å²) in [4.78, 5) is 2.11. The molecule has 1 N–H and O–H groups in total. The Bertz CT molecular complexity index is 564. The number of nitrogens with zero attached hydrogens (tertiary/aromatic N) is 1. The van der Waals surface area contributed by atoms with Crippen LogP contribution in [0.15, 0.2) is 48.5 Å². The van der Waals surface area contributed by atoms with Gasteiger partial charge in [-0.3, -0.25) is 0 Å². The van der Waals surface area contributed by atoms with Gasteiger partial charge in [0, 0.05) is 25.8 Å². The molecular formula is C18H24N2O. The molecule has 0 radical (unpaired) electrons. The summed E-state index contributed by atoms with van der Waals surface area (Å²) in [5, 5.41) is 3.40. The highest BCUT2D eigenvalue weighted by molar-refractivity contribution is 5.46. The Hall–Kier alpha value is -2.00. The van der Waals surface area contributed by atoms with Crippen molar-refractivity contribution < 1.29 is 4.74 Å². The molecule has 1 atom stereocenters. The average molecular weight is 284 g/mol. The zero-order valence-corrected chi connectivity index (χ0v) is 13.3. The van der Waals surface area contributed by atoms with Gasteiger partial charge in [-0.2, -0.15) is 0 Å². The molecule has 1 unspecified atom stereocenters. The van der Waals surface area contributed by atoms with Crippen LogP contribution in [-0.2, 0) is 6.42 Å². The second kappa shape index (κ2) is 7.14. The second-order valence-corrected chi connectivity index (χ2v) is 5.38. The van der Waals surface area contributed by atoms with Gasteiger partial charge in [-0.25, -0.2) is 0 Å². The number of ether oxygens (including phenoxy) is 1. The third-order valence-corrected chi connectivity index (χ3v) is 3.73. The molecule has 2 rings (SSSR count). The van der Waals surface area contributed by atoms with Gasteiger partial charge in [0.25, 0.3) is 0 Å². The Morgan fingerprint density at radius 2 is 1.81 bits per heavy atom. The Morgan fingerprint density at radius 3 is 2.38 bits per heavy atom. The van der Waals surface area contributed by atoms with Crippen molar-refractivity contribution in [2.75, 3.05) is 33.2 Å². The summed E-state index contributed by atoms with van der Waals surface area (Å²) in [5.74, 6) is 0.908. The van der Waals surface area contributed by atoms with Crippen molar-refractivity contribution in [3.05, 3.63) is 59.7 Å². The summed E-state index contributed by atoms with van der Waals surface area (Å²) in [6, 6.07) is 17.2. The summed E-state index contributed by atoms with van der Waals surface area (Å²) in [7, 11) is 7.82. The second-order valence-electron chi connectivity index (χ2n) is 5.38. The van der Waals surface area contributed by atoms with E-state index in [2.05, 4.69) is 60.7 Å². The van der Waals surface area contributed by atoms with Gasteiger partial charge in [0.2, 0.25) is 0 Å². The molecule has 0 spiro atoms. The normalized spacial score (nSPS) is 12.0. The van der Waals surface area contributed by atoms with E-state index in [9.17, 15) is 0 Å². The van der Waals surface area contributed by atoms with Gasteiger partial charge in [-0.05, 0) is 48.9 Å². The van der Waals surface area contributed by atoms with Crippen LogP contribution < -0.4 is 15.0 Å². The predicted octanol–water partition coefficient (Wildman–Crippen LogP) is 3.26. The van der Waals surface area contributed by atoms with Gasteiger partial charge in [0.1, 0.15) is 5.75 Å². The maximum atomic E-state index is 5.29. The van der Waals surface area contributed by atoms with E-state index >= 15 is 0 Å². The summed E-state index contributed by atoms with van der Waals surface area (Å²) in [6.45, 7) is 0. The summed E-state index contributed by atoms with van der Waals surface area (Å²) in [5.41, 5.74) is 3.78. The maximum absolute atomic E-state index is 5.29. The Morgan fingerprint density at radius 1 is 1.10 bits per heavy atom. The molecule has 2 aromatic carbocycles. The minimum atomic E-state index is 0.299. The lowest BCUT2D eigenvalue weighted by molar-refractivity contribution is 0.414. The average Bonchev–Trinajstić information content (AvgIpc) is 2.53. The van der Waals surface area contributed by atoms with Crippen LogP contribution in [0.25, 0.3) is 0 Å². The van der Waals surface area contributed by atoms with Gasteiger partial charge in [0.15, 0.2) is 0 Å². The Kier molecular flexibility index (Phi) is 5.23. The van der Waals surface area contributed by atoms with Crippen LogP contribution in [0, 0.1) is 0 Å². The van der Waals surface area contributed by atoms with Crippen molar-refractivity contribution in [1.29, 1.82) is 0 Å². The van der Waals surface area contributed by atoms with Gasteiger partial charge < -0.3 is 15.0 Å². The smallest absolute Gasteiger partial charge is 0.119 e. The van der Waals surface area contributed by atoms with E-state index in [1.54, 1.807) is 7.11 Å². The van der Waals surface area contributed by atoms with E-state index in [4.69, 9.17) is 4.74 Å². The number of nitrogens with one attached hydrogen (secondary N) is 1. The minimum Gasteiger partial charge on any atom is -0.497 e. The summed E-state index contributed by atoms with van der Waals surface area (Å²) in [6.07, 6.45) is 0.939. The van der Waals surface area contributed by atoms with Crippen LogP contribution in [0.5, 0.6) is 5.75 Å². The lowest BCUT2D eigenvalue weighted by atomic mass is 9.98. The first kappa shape index (κ1) is 15.4. The minimum absolute atomic E-state index is 0.299. The van der Waals surface area contributed by atoms with Crippen molar-refractivity contribution in [2.24, 2.45) is 0 Å². The van der Waals surface area contributed by atoms with Crippen LogP contribution in [-0.4, -0.2) is 28.3 Å². The van der Waals surface area contributed by atoms with E-state index in [0.29, 0.717) is 6.04 Å². The zero-order chi connectivity index (χ0) is 15.2. The van der Waals surface area contributed by atoms with E-state index in [0.717, 1.165) is 12.2 Å². The number of hydrogen-bond acceptors (Lipinski definition) is 3. The molecule has 0 aliphatic carbocycles. The molecule has 0 saturated heterocycles. The number of hydrogen-bond donors (Lipinski definition) is 1. The third kappa shape index (κ3) is 3.99.